The lowest BCUT2D eigenvalue weighted by Gasteiger charge is -2.40. The molecule has 4 rings (SSSR count). The standard InChI is InChI=1S/C15H19F2N5O2/c16-9-5-8-12(6-10(9)17)19-14(24-15(8)23)11-1-2-13(21-20-11)22-4-3-18-7-22/h5-6,11,13-14,18-21H,1-4,7H2. The fourth-order valence-corrected chi connectivity index (χ4v) is 3.36. The molecule has 0 radical (unpaired) electrons. The van der Waals surface area contributed by atoms with E-state index in [0.717, 1.165) is 44.7 Å². The summed E-state index contributed by atoms with van der Waals surface area (Å²) >= 11 is 0. The largest absolute Gasteiger partial charge is 0.436 e. The maximum absolute atomic E-state index is 13.4. The summed E-state index contributed by atoms with van der Waals surface area (Å²) in [4.78, 5) is 14.3. The first kappa shape index (κ1) is 15.7. The molecule has 0 saturated carbocycles. The molecule has 2 saturated heterocycles. The predicted octanol–water partition coefficient (Wildman–Crippen LogP) is 0.319. The van der Waals surface area contributed by atoms with E-state index >= 15 is 0 Å². The predicted molar refractivity (Wildman–Crippen MR) is 81.8 cm³/mol. The van der Waals surface area contributed by atoms with Crippen molar-refractivity contribution in [2.75, 3.05) is 25.1 Å². The SMILES string of the molecule is O=C1OC(C2CCC(N3CCNC3)NN2)Nc2cc(F)c(F)cc21. The molecule has 0 bridgehead atoms. The fourth-order valence-electron chi connectivity index (χ4n) is 3.36. The zero-order chi connectivity index (χ0) is 16.7. The molecule has 7 nitrogen and oxygen atoms in total. The highest BCUT2D eigenvalue weighted by Gasteiger charge is 2.36. The van der Waals surface area contributed by atoms with Crippen molar-refractivity contribution in [3.63, 3.8) is 0 Å². The third kappa shape index (κ3) is 2.84. The minimum Gasteiger partial charge on any atom is -0.436 e. The van der Waals surface area contributed by atoms with Crippen LogP contribution in [0.3, 0.4) is 0 Å². The second-order valence-corrected chi connectivity index (χ2v) is 6.24. The van der Waals surface area contributed by atoms with Crippen LogP contribution in [0.2, 0.25) is 0 Å². The Morgan fingerprint density at radius 3 is 2.71 bits per heavy atom. The van der Waals surface area contributed by atoms with E-state index in [-0.39, 0.29) is 23.5 Å². The average Bonchev–Trinajstić information content (AvgIpc) is 3.11. The van der Waals surface area contributed by atoms with E-state index in [1.807, 2.05) is 0 Å². The van der Waals surface area contributed by atoms with Gasteiger partial charge in [0.15, 0.2) is 17.9 Å². The molecule has 24 heavy (non-hydrogen) atoms. The van der Waals surface area contributed by atoms with Gasteiger partial charge in [0, 0.05) is 25.8 Å². The molecule has 0 aliphatic carbocycles. The summed E-state index contributed by atoms with van der Waals surface area (Å²) in [7, 11) is 0. The number of carbonyl (C=O) groups excluding carboxylic acids is 1. The number of anilines is 1. The highest BCUT2D eigenvalue weighted by atomic mass is 19.2. The molecule has 0 spiro atoms. The van der Waals surface area contributed by atoms with E-state index in [4.69, 9.17) is 4.74 Å². The number of esters is 1. The Morgan fingerprint density at radius 2 is 2.00 bits per heavy atom. The van der Waals surface area contributed by atoms with Gasteiger partial charge in [0.2, 0.25) is 0 Å². The van der Waals surface area contributed by atoms with Gasteiger partial charge in [0.05, 0.1) is 23.5 Å². The summed E-state index contributed by atoms with van der Waals surface area (Å²) in [6.45, 7) is 2.81. The summed E-state index contributed by atoms with van der Waals surface area (Å²) in [5.41, 5.74) is 6.67. The molecular formula is C15H19F2N5O2. The van der Waals surface area contributed by atoms with Gasteiger partial charge in [-0.05, 0) is 18.9 Å². The quantitative estimate of drug-likeness (QED) is 0.578. The number of nitrogens with one attached hydrogen (secondary N) is 4. The third-order valence-corrected chi connectivity index (χ3v) is 4.70. The molecule has 9 heteroatoms. The zero-order valence-corrected chi connectivity index (χ0v) is 12.9. The van der Waals surface area contributed by atoms with E-state index in [2.05, 4.69) is 26.4 Å². The van der Waals surface area contributed by atoms with Gasteiger partial charge in [-0.25, -0.2) is 24.4 Å². The Bertz CT molecular complexity index is 645. The molecule has 1 aromatic rings. The zero-order valence-electron chi connectivity index (χ0n) is 12.9. The number of cyclic esters (lactones) is 1. The molecule has 0 amide bonds. The van der Waals surface area contributed by atoms with E-state index in [1.165, 1.54) is 0 Å². The summed E-state index contributed by atoms with van der Waals surface area (Å²) < 4.78 is 32.0. The molecule has 130 valence electrons. The molecule has 0 aromatic heterocycles. The maximum atomic E-state index is 13.4. The normalized spacial score (nSPS) is 30.6. The summed E-state index contributed by atoms with van der Waals surface area (Å²) in [5, 5.41) is 6.25. The van der Waals surface area contributed by atoms with Crippen LogP contribution in [0.4, 0.5) is 14.5 Å². The molecular weight excluding hydrogens is 320 g/mol. The van der Waals surface area contributed by atoms with E-state index in [0.29, 0.717) is 0 Å². The van der Waals surface area contributed by atoms with Gasteiger partial charge < -0.3 is 15.4 Å². The highest BCUT2D eigenvalue weighted by molar-refractivity contribution is 5.97. The minimum absolute atomic E-state index is 0.00920. The lowest BCUT2D eigenvalue weighted by molar-refractivity contribution is 0.0119. The Balaban J connectivity index is 1.43. The van der Waals surface area contributed by atoms with Gasteiger partial charge in [-0.2, -0.15) is 0 Å². The number of benzene rings is 1. The molecule has 3 aliphatic heterocycles. The average molecular weight is 339 g/mol. The number of halogens is 2. The van der Waals surface area contributed by atoms with Crippen LogP contribution in [0, 0.1) is 11.6 Å². The highest BCUT2D eigenvalue weighted by Crippen LogP contribution is 2.28. The van der Waals surface area contributed by atoms with Crippen LogP contribution in [0.15, 0.2) is 12.1 Å². The number of nitrogens with zero attached hydrogens (tertiary/aromatic N) is 1. The van der Waals surface area contributed by atoms with Crippen molar-refractivity contribution in [1.29, 1.82) is 0 Å². The first-order valence-electron chi connectivity index (χ1n) is 8.04. The van der Waals surface area contributed by atoms with E-state index < -0.39 is 23.8 Å². The lowest BCUT2D eigenvalue weighted by atomic mass is 10.0. The third-order valence-electron chi connectivity index (χ3n) is 4.70. The van der Waals surface area contributed by atoms with Crippen molar-refractivity contribution in [3.05, 3.63) is 29.3 Å². The van der Waals surface area contributed by atoms with Crippen molar-refractivity contribution >= 4 is 11.7 Å². The number of fused-ring (bicyclic) bond motifs is 1. The van der Waals surface area contributed by atoms with Crippen LogP contribution in [0.5, 0.6) is 0 Å². The number of hydrogen-bond acceptors (Lipinski definition) is 7. The van der Waals surface area contributed by atoms with Gasteiger partial charge in [-0.1, -0.05) is 0 Å². The van der Waals surface area contributed by atoms with Gasteiger partial charge in [-0.15, -0.1) is 0 Å². The van der Waals surface area contributed by atoms with Gasteiger partial charge in [-0.3, -0.25) is 4.90 Å². The Labute approximate surface area is 137 Å². The van der Waals surface area contributed by atoms with Gasteiger partial charge >= 0.3 is 5.97 Å². The van der Waals surface area contributed by atoms with Crippen LogP contribution in [-0.4, -0.2) is 49.1 Å². The summed E-state index contributed by atoms with van der Waals surface area (Å²) in [5.74, 6) is -2.71. The maximum Gasteiger partial charge on any atom is 0.342 e. The number of hydrazine groups is 1. The van der Waals surface area contributed by atoms with Crippen molar-refractivity contribution < 1.29 is 18.3 Å². The molecule has 2 fully saturated rings. The monoisotopic (exact) mass is 339 g/mol. The van der Waals surface area contributed by atoms with Crippen LogP contribution < -0.4 is 21.5 Å². The Hall–Kier alpha value is -1.81. The van der Waals surface area contributed by atoms with Gasteiger partial charge in [0.25, 0.3) is 0 Å². The molecule has 3 atom stereocenters. The first-order valence-corrected chi connectivity index (χ1v) is 8.04. The van der Waals surface area contributed by atoms with Crippen molar-refractivity contribution in [1.82, 2.24) is 21.1 Å². The molecule has 4 N–H and O–H groups in total. The van der Waals surface area contributed by atoms with Crippen LogP contribution in [0.1, 0.15) is 23.2 Å². The smallest absolute Gasteiger partial charge is 0.342 e. The number of rotatable bonds is 2. The van der Waals surface area contributed by atoms with Crippen molar-refractivity contribution in [2.24, 2.45) is 0 Å². The Morgan fingerprint density at radius 1 is 1.17 bits per heavy atom. The van der Waals surface area contributed by atoms with Crippen LogP contribution >= 0.6 is 0 Å². The molecule has 1 aromatic carbocycles. The molecule has 3 heterocycles. The lowest BCUT2D eigenvalue weighted by Crippen LogP contribution is -2.62. The van der Waals surface area contributed by atoms with E-state index in [9.17, 15) is 13.6 Å². The van der Waals surface area contributed by atoms with Crippen LogP contribution in [0.25, 0.3) is 0 Å². The summed E-state index contributed by atoms with van der Waals surface area (Å²) in [6.07, 6.45) is 1.24. The Kier molecular flexibility index (Phi) is 4.09. The topological polar surface area (TPSA) is 77.7 Å². The van der Waals surface area contributed by atoms with Crippen molar-refractivity contribution in [2.45, 2.75) is 31.3 Å². The second-order valence-electron chi connectivity index (χ2n) is 6.24. The number of carbonyl (C=O) groups is 1. The van der Waals surface area contributed by atoms with Crippen molar-refractivity contribution in [3.8, 4) is 0 Å². The summed E-state index contributed by atoms with van der Waals surface area (Å²) in [6, 6.07) is 1.69. The molecule has 3 unspecified atom stereocenters. The number of hydrogen-bond donors (Lipinski definition) is 4. The number of ether oxygens (including phenoxy) is 1. The second kappa shape index (κ2) is 6.25. The van der Waals surface area contributed by atoms with Crippen LogP contribution in [-0.2, 0) is 4.74 Å². The minimum atomic E-state index is -1.06. The first-order chi connectivity index (χ1) is 11.6. The fraction of sp³-hybridized carbons (Fsp3) is 0.533. The molecule has 3 aliphatic rings. The van der Waals surface area contributed by atoms with Gasteiger partial charge in [0.1, 0.15) is 0 Å². The van der Waals surface area contributed by atoms with E-state index in [1.54, 1.807) is 0 Å².